The molecule has 0 radical (unpaired) electrons. The van der Waals surface area contributed by atoms with Crippen molar-refractivity contribution in [3.8, 4) is 5.75 Å². The standard InChI is InChI=1S/C11H10O.CH3Br/c1-12-11-7-6-9-4-2-3-5-10(9)8-11;1-2/h2-8H,1H3;1H3. The smallest absolute Gasteiger partial charge is 0.119 e. The first-order chi connectivity index (χ1) is 6.90. The fraction of sp³-hybridized carbons (Fsp3) is 0.167. The molecule has 2 aromatic carbocycles. The second kappa shape index (κ2) is 5.66. The van der Waals surface area contributed by atoms with Gasteiger partial charge in [-0.15, -0.1) is 0 Å². The molecule has 0 saturated heterocycles. The van der Waals surface area contributed by atoms with Crippen molar-refractivity contribution in [3.05, 3.63) is 42.5 Å². The number of methoxy groups -OCH3 is 1. The van der Waals surface area contributed by atoms with Crippen molar-refractivity contribution in [2.75, 3.05) is 12.9 Å². The molecule has 0 aliphatic carbocycles. The molecule has 0 spiro atoms. The molecule has 2 heteroatoms. The van der Waals surface area contributed by atoms with Crippen LogP contribution in [0.15, 0.2) is 42.5 Å². The van der Waals surface area contributed by atoms with E-state index in [1.807, 2.05) is 30.1 Å². The molecule has 0 heterocycles. The van der Waals surface area contributed by atoms with Gasteiger partial charge < -0.3 is 4.74 Å². The molecule has 0 bridgehead atoms. The Morgan fingerprint density at radius 3 is 2.21 bits per heavy atom. The molecule has 2 rings (SSSR count). The number of alkyl halides is 1. The van der Waals surface area contributed by atoms with Gasteiger partial charge in [-0.1, -0.05) is 46.3 Å². The van der Waals surface area contributed by atoms with Crippen LogP contribution in [0.5, 0.6) is 5.75 Å². The van der Waals surface area contributed by atoms with Crippen LogP contribution in [-0.4, -0.2) is 12.9 Å². The molecule has 0 aromatic heterocycles. The molecule has 0 aliphatic heterocycles. The van der Waals surface area contributed by atoms with E-state index >= 15 is 0 Å². The number of hydrogen-bond donors (Lipinski definition) is 0. The molecule has 0 fully saturated rings. The van der Waals surface area contributed by atoms with Crippen molar-refractivity contribution in [1.82, 2.24) is 0 Å². The predicted octanol–water partition coefficient (Wildman–Crippen LogP) is 3.86. The van der Waals surface area contributed by atoms with Gasteiger partial charge in [-0.2, -0.15) is 0 Å². The minimum absolute atomic E-state index is 0.911. The van der Waals surface area contributed by atoms with Gasteiger partial charge in [0.1, 0.15) is 5.75 Å². The van der Waals surface area contributed by atoms with E-state index in [2.05, 4.69) is 34.1 Å². The van der Waals surface area contributed by atoms with Gasteiger partial charge in [-0.25, -0.2) is 0 Å². The quantitative estimate of drug-likeness (QED) is 0.701. The zero-order valence-electron chi connectivity index (χ0n) is 8.33. The lowest BCUT2D eigenvalue weighted by Crippen LogP contribution is -1.81. The highest BCUT2D eigenvalue weighted by Gasteiger charge is 1.93. The lowest BCUT2D eigenvalue weighted by atomic mass is 10.1. The van der Waals surface area contributed by atoms with Gasteiger partial charge in [0, 0.05) is 0 Å². The highest BCUT2D eigenvalue weighted by atomic mass is 79.9. The van der Waals surface area contributed by atoms with Gasteiger partial charge >= 0.3 is 0 Å². The van der Waals surface area contributed by atoms with Crippen molar-refractivity contribution in [1.29, 1.82) is 0 Å². The first kappa shape index (κ1) is 11.1. The largest absolute Gasteiger partial charge is 0.497 e. The third kappa shape index (κ3) is 2.48. The molecule has 1 nitrogen and oxygen atoms in total. The maximum Gasteiger partial charge on any atom is 0.119 e. The summed E-state index contributed by atoms with van der Waals surface area (Å²) in [6.45, 7) is 0. The third-order valence-corrected chi connectivity index (χ3v) is 1.96. The average Bonchev–Trinajstić information content (AvgIpc) is 2.31. The van der Waals surface area contributed by atoms with Crippen LogP contribution in [0.4, 0.5) is 0 Å². The lowest BCUT2D eigenvalue weighted by Gasteiger charge is -2.00. The summed E-state index contributed by atoms with van der Waals surface area (Å²) in [5.74, 6) is 2.72. The number of benzene rings is 2. The Labute approximate surface area is 92.8 Å². The number of halogens is 1. The van der Waals surface area contributed by atoms with Crippen LogP contribution in [0.2, 0.25) is 0 Å². The van der Waals surface area contributed by atoms with E-state index in [0.717, 1.165) is 5.75 Å². The van der Waals surface area contributed by atoms with Crippen LogP contribution in [0.3, 0.4) is 0 Å². The van der Waals surface area contributed by atoms with Crippen LogP contribution >= 0.6 is 15.9 Å². The Morgan fingerprint density at radius 1 is 0.929 bits per heavy atom. The van der Waals surface area contributed by atoms with E-state index in [1.54, 1.807) is 7.11 Å². The van der Waals surface area contributed by atoms with E-state index in [9.17, 15) is 0 Å². The minimum atomic E-state index is 0.911. The summed E-state index contributed by atoms with van der Waals surface area (Å²) in [4.78, 5) is 0. The van der Waals surface area contributed by atoms with Crippen LogP contribution < -0.4 is 4.74 Å². The SMILES string of the molecule is CBr.COc1ccc2ccccc2c1. The van der Waals surface area contributed by atoms with Gasteiger partial charge in [0.25, 0.3) is 0 Å². The van der Waals surface area contributed by atoms with E-state index in [0.29, 0.717) is 0 Å². The Balaban J connectivity index is 0.000000461. The van der Waals surface area contributed by atoms with E-state index in [4.69, 9.17) is 4.74 Å². The maximum atomic E-state index is 5.12. The molecular weight excluding hydrogens is 240 g/mol. The summed E-state index contributed by atoms with van der Waals surface area (Å²) in [5, 5.41) is 2.47. The van der Waals surface area contributed by atoms with E-state index < -0.39 is 0 Å². The van der Waals surface area contributed by atoms with E-state index in [1.165, 1.54) is 10.8 Å². The Kier molecular flexibility index (Phi) is 4.47. The summed E-state index contributed by atoms with van der Waals surface area (Å²) >= 11 is 2.94. The lowest BCUT2D eigenvalue weighted by molar-refractivity contribution is 0.415. The molecular formula is C12H13BrO. The van der Waals surface area contributed by atoms with Crippen LogP contribution in [0.25, 0.3) is 10.8 Å². The third-order valence-electron chi connectivity index (χ3n) is 1.96. The summed E-state index contributed by atoms with van der Waals surface area (Å²) < 4.78 is 5.12. The molecule has 0 unspecified atom stereocenters. The van der Waals surface area contributed by atoms with Gasteiger partial charge in [-0.05, 0) is 28.7 Å². The van der Waals surface area contributed by atoms with Crippen LogP contribution in [0.1, 0.15) is 0 Å². The van der Waals surface area contributed by atoms with Gasteiger partial charge in [0.15, 0.2) is 0 Å². The number of rotatable bonds is 1. The first-order valence-corrected chi connectivity index (χ1v) is 5.89. The molecule has 0 amide bonds. The zero-order valence-corrected chi connectivity index (χ0v) is 9.91. The second-order valence-corrected chi connectivity index (χ2v) is 2.71. The highest BCUT2D eigenvalue weighted by Crippen LogP contribution is 2.19. The maximum absolute atomic E-state index is 5.12. The Morgan fingerprint density at radius 2 is 1.57 bits per heavy atom. The highest BCUT2D eigenvalue weighted by molar-refractivity contribution is 9.08. The average molecular weight is 253 g/mol. The monoisotopic (exact) mass is 252 g/mol. The summed E-state index contributed by atoms with van der Waals surface area (Å²) in [7, 11) is 1.68. The van der Waals surface area contributed by atoms with Crippen molar-refractivity contribution >= 4 is 26.7 Å². The fourth-order valence-corrected chi connectivity index (χ4v) is 1.29. The molecule has 2 aromatic rings. The molecule has 14 heavy (non-hydrogen) atoms. The normalized spacial score (nSPS) is 9.07. The predicted molar refractivity (Wildman–Crippen MR) is 65.4 cm³/mol. The second-order valence-electron chi connectivity index (χ2n) is 2.71. The topological polar surface area (TPSA) is 9.23 Å². The van der Waals surface area contributed by atoms with Crippen molar-refractivity contribution in [3.63, 3.8) is 0 Å². The van der Waals surface area contributed by atoms with Crippen molar-refractivity contribution in [2.24, 2.45) is 0 Å². The first-order valence-electron chi connectivity index (χ1n) is 4.31. The van der Waals surface area contributed by atoms with Gasteiger partial charge in [0.05, 0.1) is 7.11 Å². The molecule has 0 aliphatic rings. The number of hydrogen-bond acceptors (Lipinski definition) is 1. The number of ether oxygens (including phenoxy) is 1. The Bertz CT molecular complexity index is 398. The summed E-state index contributed by atoms with van der Waals surface area (Å²) in [6.07, 6.45) is 0. The summed E-state index contributed by atoms with van der Waals surface area (Å²) in [5.41, 5.74) is 0. The van der Waals surface area contributed by atoms with Crippen molar-refractivity contribution in [2.45, 2.75) is 0 Å². The van der Waals surface area contributed by atoms with Gasteiger partial charge in [-0.3, -0.25) is 0 Å². The van der Waals surface area contributed by atoms with Crippen molar-refractivity contribution < 1.29 is 4.74 Å². The van der Waals surface area contributed by atoms with Crippen LogP contribution in [0, 0.1) is 0 Å². The minimum Gasteiger partial charge on any atom is -0.497 e. The molecule has 0 atom stereocenters. The number of fused-ring (bicyclic) bond motifs is 1. The van der Waals surface area contributed by atoms with E-state index in [-0.39, 0.29) is 0 Å². The molecule has 0 saturated carbocycles. The summed E-state index contributed by atoms with van der Waals surface area (Å²) in [6, 6.07) is 14.3. The van der Waals surface area contributed by atoms with Crippen LogP contribution in [-0.2, 0) is 0 Å². The fourth-order valence-electron chi connectivity index (χ4n) is 1.29. The molecule has 0 N–H and O–H groups in total. The molecule has 74 valence electrons. The Hall–Kier alpha value is -1.02. The van der Waals surface area contributed by atoms with Gasteiger partial charge in [0.2, 0.25) is 0 Å². The zero-order chi connectivity index (χ0) is 10.4.